The molecule has 2 heteroatoms. The topological polar surface area (TPSA) is 12.0 Å². The molecule has 3 unspecified atom stereocenters. The number of rotatable bonds is 4. The lowest BCUT2D eigenvalue weighted by Gasteiger charge is -2.34. The molecular weight excluding hydrogens is 237 g/mol. The van der Waals surface area contributed by atoms with Gasteiger partial charge in [-0.3, -0.25) is 0 Å². The van der Waals surface area contributed by atoms with Crippen molar-refractivity contribution in [2.75, 3.05) is 7.05 Å². The molecular formula is C17H26FN. The predicted octanol–water partition coefficient (Wildman–Crippen LogP) is 4.61. The zero-order chi connectivity index (χ0) is 13.8. The van der Waals surface area contributed by atoms with E-state index in [1.165, 1.54) is 37.7 Å². The second-order valence-corrected chi connectivity index (χ2v) is 5.98. The molecule has 1 fully saturated rings. The summed E-state index contributed by atoms with van der Waals surface area (Å²) in [5.74, 6) is 1.46. The largest absolute Gasteiger partial charge is 0.313 e. The predicted molar refractivity (Wildman–Crippen MR) is 78.7 cm³/mol. The molecule has 1 saturated carbocycles. The van der Waals surface area contributed by atoms with E-state index in [0.717, 1.165) is 11.5 Å². The molecule has 0 aromatic heterocycles. The van der Waals surface area contributed by atoms with E-state index < -0.39 is 0 Å². The van der Waals surface area contributed by atoms with Crippen molar-refractivity contribution in [3.05, 3.63) is 35.1 Å². The van der Waals surface area contributed by atoms with Crippen LogP contribution in [-0.4, -0.2) is 7.05 Å². The highest BCUT2D eigenvalue weighted by Crippen LogP contribution is 2.38. The Morgan fingerprint density at radius 2 is 2.16 bits per heavy atom. The van der Waals surface area contributed by atoms with Crippen molar-refractivity contribution in [3.8, 4) is 0 Å². The van der Waals surface area contributed by atoms with Crippen LogP contribution in [0, 0.1) is 24.6 Å². The zero-order valence-electron chi connectivity index (χ0n) is 12.4. The maximum absolute atomic E-state index is 13.4. The normalized spacial score (nSPS) is 25.3. The fraction of sp³-hybridized carbons (Fsp3) is 0.647. The van der Waals surface area contributed by atoms with Crippen LogP contribution in [0.25, 0.3) is 0 Å². The summed E-state index contributed by atoms with van der Waals surface area (Å²) >= 11 is 0. The summed E-state index contributed by atoms with van der Waals surface area (Å²) in [7, 11) is 2.03. The third kappa shape index (κ3) is 3.36. The summed E-state index contributed by atoms with van der Waals surface area (Å²) < 4.78 is 13.4. The van der Waals surface area contributed by atoms with Crippen LogP contribution in [0.2, 0.25) is 0 Å². The van der Waals surface area contributed by atoms with Crippen LogP contribution < -0.4 is 5.32 Å². The van der Waals surface area contributed by atoms with Gasteiger partial charge in [0.15, 0.2) is 0 Å². The second-order valence-electron chi connectivity index (χ2n) is 5.98. The van der Waals surface area contributed by atoms with Crippen LogP contribution >= 0.6 is 0 Å². The van der Waals surface area contributed by atoms with Gasteiger partial charge >= 0.3 is 0 Å². The van der Waals surface area contributed by atoms with Crippen molar-refractivity contribution in [2.45, 2.75) is 52.0 Å². The van der Waals surface area contributed by atoms with Gasteiger partial charge in [0.05, 0.1) is 0 Å². The Kier molecular flexibility index (Phi) is 4.98. The molecule has 0 bridgehead atoms. The van der Waals surface area contributed by atoms with Gasteiger partial charge in [-0.05, 0) is 55.8 Å². The van der Waals surface area contributed by atoms with Gasteiger partial charge in [-0.25, -0.2) is 4.39 Å². The van der Waals surface area contributed by atoms with Gasteiger partial charge in [-0.2, -0.15) is 0 Å². The summed E-state index contributed by atoms with van der Waals surface area (Å²) in [6, 6.07) is 5.92. The third-order valence-corrected chi connectivity index (χ3v) is 4.72. The molecule has 1 aliphatic rings. The van der Waals surface area contributed by atoms with E-state index in [1.54, 1.807) is 6.07 Å². The summed E-state index contributed by atoms with van der Waals surface area (Å²) in [6.45, 7) is 4.14. The highest BCUT2D eigenvalue weighted by Gasteiger charge is 2.28. The maximum Gasteiger partial charge on any atom is 0.126 e. The van der Waals surface area contributed by atoms with Crippen LogP contribution in [0.3, 0.4) is 0 Å². The molecule has 106 valence electrons. The minimum atomic E-state index is -0.103. The first-order chi connectivity index (χ1) is 9.15. The lowest BCUT2D eigenvalue weighted by Crippen LogP contribution is -2.29. The lowest BCUT2D eigenvalue weighted by atomic mass is 9.75. The Balaban J connectivity index is 2.16. The van der Waals surface area contributed by atoms with Crippen LogP contribution in [0.15, 0.2) is 18.2 Å². The van der Waals surface area contributed by atoms with Crippen molar-refractivity contribution in [3.63, 3.8) is 0 Å². The number of aryl methyl sites for hydroxylation is 1. The zero-order valence-corrected chi connectivity index (χ0v) is 12.4. The fourth-order valence-electron chi connectivity index (χ4n) is 3.54. The fourth-order valence-corrected chi connectivity index (χ4v) is 3.54. The standard InChI is InChI=1S/C17H26FN/c1-4-13-6-5-7-14(11-13)17(19-3)15-8-9-16(18)12(2)10-15/h8-10,13-14,17,19H,4-7,11H2,1-3H3. The average molecular weight is 263 g/mol. The molecule has 1 aromatic rings. The van der Waals surface area contributed by atoms with E-state index in [-0.39, 0.29) is 5.82 Å². The molecule has 0 heterocycles. The van der Waals surface area contributed by atoms with E-state index >= 15 is 0 Å². The smallest absolute Gasteiger partial charge is 0.126 e. The summed E-state index contributed by atoms with van der Waals surface area (Å²) in [5, 5.41) is 3.46. The summed E-state index contributed by atoms with van der Waals surface area (Å²) in [4.78, 5) is 0. The quantitative estimate of drug-likeness (QED) is 0.836. The van der Waals surface area contributed by atoms with Crippen LogP contribution in [0.5, 0.6) is 0 Å². The Bertz CT molecular complexity index is 416. The van der Waals surface area contributed by atoms with Crippen molar-refractivity contribution < 1.29 is 4.39 Å². The van der Waals surface area contributed by atoms with Gasteiger partial charge in [-0.15, -0.1) is 0 Å². The van der Waals surface area contributed by atoms with E-state index in [4.69, 9.17) is 0 Å². The van der Waals surface area contributed by atoms with Gasteiger partial charge in [0.25, 0.3) is 0 Å². The SMILES string of the molecule is CCC1CCCC(C(NC)c2ccc(F)c(C)c2)C1. The van der Waals surface area contributed by atoms with Gasteiger partial charge in [-0.1, -0.05) is 38.3 Å². The Morgan fingerprint density at radius 3 is 2.79 bits per heavy atom. The molecule has 1 N–H and O–H groups in total. The first-order valence-corrected chi connectivity index (χ1v) is 7.59. The first-order valence-electron chi connectivity index (χ1n) is 7.59. The number of benzene rings is 1. The van der Waals surface area contributed by atoms with E-state index in [9.17, 15) is 4.39 Å². The van der Waals surface area contributed by atoms with Crippen molar-refractivity contribution in [1.29, 1.82) is 0 Å². The lowest BCUT2D eigenvalue weighted by molar-refractivity contribution is 0.214. The Morgan fingerprint density at radius 1 is 1.37 bits per heavy atom. The van der Waals surface area contributed by atoms with Gasteiger partial charge in [0, 0.05) is 6.04 Å². The summed E-state index contributed by atoms with van der Waals surface area (Å²) in [5.41, 5.74) is 1.99. The minimum Gasteiger partial charge on any atom is -0.313 e. The average Bonchev–Trinajstić information content (AvgIpc) is 2.44. The minimum absolute atomic E-state index is 0.103. The van der Waals surface area contributed by atoms with Gasteiger partial charge in [0.2, 0.25) is 0 Å². The number of nitrogens with one attached hydrogen (secondary N) is 1. The molecule has 1 aliphatic carbocycles. The molecule has 2 rings (SSSR count). The summed E-state index contributed by atoms with van der Waals surface area (Å²) in [6.07, 6.45) is 6.60. The molecule has 3 atom stereocenters. The van der Waals surface area contributed by atoms with E-state index in [1.807, 2.05) is 26.1 Å². The van der Waals surface area contributed by atoms with E-state index in [2.05, 4.69) is 12.2 Å². The highest BCUT2D eigenvalue weighted by molar-refractivity contribution is 5.27. The molecule has 0 spiro atoms. The van der Waals surface area contributed by atoms with Crippen molar-refractivity contribution >= 4 is 0 Å². The van der Waals surface area contributed by atoms with Crippen molar-refractivity contribution in [2.24, 2.45) is 11.8 Å². The van der Waals surface area contributed by atoms with Gasteiger partial charge < -0.3 is 5.32 Å². The first kappa shape index (κ1) is 14.5. The third-order valence-electron chi connectivity index (χ3n) is 4.72. The van der Waals surface area contributed by atoms with Crippen LogP contribution in [-0.2, 0) is 0 Å². The van der Waals surface area contributed by atoms with E-state index in [0.29, 0.717) is 12.0 Å². The van der Waals surface area contributed by atoms with Crippen molar-refractivity contribution in [1.82, 2.24) is 5.32 Å². The Hall–Kier alpha value is -0.890. The van der Waals surface area contributed by atoms with Crippen LogP contribution in [0.1, 0.15) is 56.2 Å². The maximum atomic E-state index is 13.4. The molecule has 1 aromatic carbocycles. The molecule has 1 nitrogen and oxygen atoms in total. The number of hydrogen-bond donors (Lipinski definition) is 1. The molecule has 0 radical (unpaired) electrons. The molecule has 0 saturated heterocycles. The number of hydrogen-bond acceptors (Lipinski definition) is 1. The molecule has 0 amide bonds. The van der Waals surface area contributed by atoms with Crippen LogP contribution in [0.4, 0.5) is 4.39 Å². The molecule has 19 heavy (non-hydrogen) atoms. The van der Waals surface area contributed by atoms with Gasteiger partial charge in [0.1, 0.15) is 5.82 Å². The monoisotopic (exact) mass is 263 g/mol. The second kappa shape index (κ2) is 6.51. The highest BCUT2D eigenvalue weighted by atomic mass is 19.1. The number of halogens is 1. The Labute approximate surface area is 116 Å². The molecule has 0 aliphatic heterocycles.